The van der Waals surface area contributed by atoms with E-state index < -0.39 is 0 Å². The highest BCUT2D eigenvalue weighted by atomic mass is 14.1. The number of allylic oxidation sites excluding steroid dienone is 1. The summed E-state index contributed by atoms with van der Waals surface area (Å²) in [5, 5.41) is 0. The predicted molar refractivity (Wildman–Crippen MR) is 58.4 cm³/mol. The van der Waals surface area contributed by atoms with Crippen molar-refractivity contribution in [2.45, 2.75) is 27.2 Å². The van der Waals surface area contributed by atoms with Gasteiger partial charge in [0.2, 0.25) is 0 Å². The molecular weight excluding hydrogens is 156 g/mol. The Morgan fingerprint density at radius 1 is 1.31 bits per heavy atom. The first-order valence-electron chi connectivity index (χ1n) is 4.71. The van der Waals surface area contributed by atoms with Crippen LogP contribution in [0.5, 0.6) is 0 Å². The van der Waals surface area contributed by atoms with Crippen molar-refractivity contribution in [1.82, 2.24) is 0 Å². The van der Waals surface area contributed by atoms with E-state index >= 15 is 0 Å². The molecular formula is C13H17. The molecule has 0 spiro atoms. The van der Waals surface area contributed by atoms with E-state index in [1.807, 2.05) is 18.2 Å². The van der Waals surface area contributed by atoms with E-state index in [0.717, 1.165) is 12.0 Å². The quantitative estimate of drug-likeness (QED) is 0.635. The van der Waals surface area contributed by atoms with E-state index in [0.29, 0.717) is 5.41 Å². The molecule has 0 bridgehead atoms. The number of benzene rings is 1. The average molecular weight is 173 g/mol. The molecule has 0 aromatic heterocycles. The predicted octanol–water partition coefficient (Wildman–Crippen LogP) is 3.94. The summed E-state index contributed by atoms with van der Waals surface area (Å²) >= 11 is 0. The zero-order chi connectivity index (χ0) is 9.73. The van der Waals surface area contributed by atoms with Gasteiger partial charge in [-0.1, -0.05) is 57.2 Å². The molecule has 0 aliphatic heterocycles. The molecule has 69 valence electrons. The van der Waals surface area contributed by atoms with Crippen molar-refractivity contribution in [3.8, 4) is 0 Å². The summed E-state index contributed by atoms with van der Waals surface area (Å²) < 4.78 is 0. The molecule has 1 rings (SSSR count). The van der Waals surface area contributed by atoms with Crippen molar-refractivity contribution in [2.24, 2.45) is 5.41 Å². The van der Waals surface area contributed by atoms with E-state index in [1.165, 1.54) is 0 Å². The van der Waals surface area contributed by atoms with E-state index in [9.17, 15) is 0 Å². The van der Waals surface area contributed by atoms with Crippen molar-refractivity contribution in [3.05, 3.63) is 42.0 Å². The molecule has 0 aliphatic rings. The first-order valence-corrected chi connectivity index (χ1v) is 4.71. The second-order valence-electron chi connectivity index (χ2n) is 4.49. The van der Waals surface area contributed by atoms with Gasteiger partial charge in [0.05, 0.1) is 0 Å². The molecule has 1 radical (unpaired) electrons. The Labute approximate surface area is 81.3 Å². The third-order valence-corrected chi connectivity index (χ3v) is 1.76. The maximum Gasteiger partial charge on any atom is -0.0106 e. The van der Waals surface area contributed by atoms with Gasteiger partial charge in [0.15, 0.2) is 0 Å². The zero-order valence-electron chi connectivity index (χ0n) is 8.67. The lowest BCUT2D eigenvalue weighted by atomic mass is 9.92. The van der Waals surface area contributed by atoms with E-state index in [-0.39, 0.29) is 0 Å². The van der Waals surface area contributed by atoms with Crippen LogP contribution >= 0.6 is 0 Å². The molecule has 0 saturated heterocycles. The molecule has 0 fully saturated rings. The topological polar surface area (TPSA) is 0 Å². The maximum atomic E-state index is 3.17. The molecule has 13 heavy (non-hydrogen) atoms. The fraction of sp³-hybridized carbons (Fsp3) is 0.385. The van der Waals surface area contributed by atoms with Crippen LogP contribution in [0.3, 0.4) is 0 Å². The Bertz CT molecular complexity index is 262. The summed E-state index contributed by atoms with van der Waals surface area (Å²) in [6.07, 6.45) is 5.45. The van der Waals surface area contributed by atoms with E-state index in [2.05, 4.69) is 45.1 Å². The molecule has 0 heteroatoms. The first kappa shape index (κ1) is 10.0. The summed E-state index contributed by atoms with van der Waals surface area (Å²) in [4.78, 5) is 0. The first-order chi connectivity index (χ1) is 6.08. The second-order valence-corrected chi connectivity index (χ2v) is 4.49. The van der Waals surface area contributed by atoms with Crippen LogP contribution in [0.2, 0.25) is 0 Å². The molecule has 1 aromatic rings. The lowest BCUT2D eigenvalue weighted by molar-refractivity contribution is 0.421. The highest BCUT2D eigenvalue weighted by molar-refractivity contribution is 5.47. The number of hydrogen-bond donors (Lipinski definition) is 0. The summed E-state index contributed by atoms with van der Waals surface area (Å²) in [7, 11) is 0. The van der Waals surface area contributed by atoms with Gasteiger partial charge in [-0.05, 0) is 23.5 Å². The smallest absolute Gasteiger partial charge is 0.0106 e. The van der Waals surface area contributed by atoms with Gasteiger partial charge in [-0.3, -0.25) is 0 Å². The third-order valence-electron chi connectivity index (χ3n) is 1.76. The normalized spacial score (nSPS) is 12.2. The van der Waals surface area contributed by atoms with Gasteiger partial charge >= 0.3 is 0 Å². The minimum absolute atomic E-state index is 0.380. The largest absolute Gasteiger partial charge is 0.0834 e. The van der Waals surface area contributed by atoms with Gasteiger partial charge < -0.3 is 0 Å². The van der Waals surface area contributed by atoms with Gasteiger partial charge in [-0.2, -0.15) is 0 Å². The minimum atomic E-state index is 0.380. The Morgan fingerprint density at radius 2 is 2.08 bits per heavy atom. The Balaban J connectivity index is 2.51. The third kappa shape index (κ3) is 4.51. The molecule has 0 aliphatic carbocycles. The van der Waals surface area contributed by atoms with Gasteiger partial charge in [0.25, 0.3) is 0 Å². The molecule has 0 heterocycles. The fourth-order valence-electron chi connectivity index (χ4n) is 1.05. The Morgan fingerprint density at radius 3 is 2.62 bits per heavy atom. The molecule has 1 aromatic carbocycles. The molecule has 0 amide bonds. The minimum Gasteiger partial charge on any atom is -0.0834 e. The number of hydrogen-bond acceptors (Lipinski definition) is 0. The van der Waals surface area contributed by atoms with E-state index in [1.54, 1.807) is 0 Å². The van der Waals surface area contributed by atoms with Crippen molar-refractivity contribution >= 4 is 6.08 Å². The van der Waals surface area contributed by atoms with Crippen LogP contribution in [-0.2, 0) is 0 Å². The number of rotatable bonds is 2. The van der Waals surface area contributed by atoms with Crippen LogP contribution in [0.15, 0.2) is 30.3 Å². The average Bonchev–Trinajstić information content (AvgIpc) is 2.04. The monoisotopic (exact) mass is 173 g/mol. The molecule has 0 saturated carbocycles. The van der Waals surface area contributed by atoms with Crippen LogP contribution in [0.1, 0.15) is 32.8 Å². The van der Waals surface area contributed by atoms with Crippen LogP contribution in [0, 0.1) is 11.5 Å². The van der Waals surface area contributed by atoms with Crippen LogP contribution in [0.4, 0.5) is 0 Å². The van der Waals surface area contributed by atoms with Crippen molar-refractivity contribution in [2.75, 3.05) is 0 Å². The van der Waals surface area contributed by atoms with Gasteiger partial charge in [0, 0.05) is 0 Å². The van der Waals surface area contributed by atoms with Crippen molar-refractivity contribution in [1.29, 1.82) is 0 Å². The SMILES string of the molecule is CC(C)(C)CC=Cc1[c]cccc1. The Hall–Kier alpha value is -1.04. The van der Waals surface area contributed by atoms with Crippen LogP contribution < -0.4 is 0 Å². The molecule has 0 N–H and O–H groups in total. The molecule has 0 atom stereocenters. The van der Waals surface area contributed by atoms with Crippen molar-refractivity contribution < 1.29 is 0 Å². The van der Waals surface area contributed by atoms with Crippen LogP contribution in [0.25, 0.3) is 6.08 Å². The lowest BCUT2D eigenvalue weighted by Gasteiger charge is -2.14. The standard InChI is InChI=1S/C13H17/c1-13(2,3)11-7-10-12-8-5-4-6-9-12/h4-8,10H,11H2,1-3H3. The van der Waals surface area contributed by atoms with Crippen LogP contribution in [-0.4, -0.2) is 0 Å². The summed E-state index contributed by atoms with van der Waals surface area (Å²) in [6.45, 7) is 6.73. The van der Waals surface area contributed by atoms with Crippen molar-refractivity contribution in [3.63, 3.8) is 0 Å². The zero-order valence-corrected chi connectivity index (χ0v) is 8.67. The molecule has 0 unspecified atom stereocenters. The summed E-state index contributed by atoms with van der Waals surface area (Å²) in [6, 6.07) is 11.2. The highest BCUT2D eigenvalue weighted by Crippen LogP contribution is 2.19. The van der Waals surface area contributed by atoms with Gasteiger partial charge in [-0.25, -0.2) is 0 Å². The second kappa shape index (κ2) is 4.27. The maximum absolute atomic E-state index is 3.17. The van der Waals surface area contributed by atoms with E-state index in [4.69, 9.17) is 0 Å². The Kier molecular flexibility index (Phi) is 3.30. The lowest BCUT2D eigenvalue weighted by Crippen LogP contribution is -2.01. The van der Waals surface area contributed by atoms with Gasteiger partial charge in [0.1, 0.15) is 0 Å². The molecule has 0 nitrogen and oxygen atoms in total. The summed E-state index contributed by atoms with van der Waals surface area (Å²) in [5.74, 6) is 0. The highest BCUT2D eigenvalue weighted by Gasteiger charge is 2.05. The fourth-order valence-corrected chi connectivity index (χ4v) is 1.05. The van der Waals surface area contributed by atoms with Gasteiger partial charge in [-0.15, -0.1) is 0 Å². The summed E-state index contributed by atoms with van der Waals surface area (Å²) in [5.41, 5.74) is 1.54.